The van der Waals surface area contributed by atoms with Gasteiger partial charge in [0.25, 0.3) is 0 Å². The fourth-order valence-electron chi connectivity index (χ4n) is 1.68. The predicted octanol–water partition coefficient (Wildman–Crippen LogP) is 1.77. The summed E-state index contributed by atoms with van der Waals surface area (Å²) in [5, 5.41) is 7.28. The van der Waals surface area contributed by atoms with Crippen LogP contribution < -0.4 is 15.0 Å². The molecular weight excluding hydrogens is 270 g/mol. The van der Waals surface area contributed by atoms with Crippen LogP contribution in [0.3, 0.4) is 0 Å². The Morgan fingerprint density at radius 1 is 1.24 bits per heavy atom. The largest absolute Gasteiger partial charge is 0.421 e. The maximum absolute atomic E-state index is 5.67. The average Bonchev–Trinajstić information content (AvgIpc) is 2.86. The Bertz CT molecular complexity index is 582. The maximum Gasteiger partial charge on any atom is 0.328 e. The predicted molar refractivity (Wildman–Crippen MR) is 80.9 cm³/mol. The molecule has 0 aliphatic carbocycles. The molecule has 0 unspecified atom stereocenters. The Morgan fingerprint density at radius 3 is 2.71 bits per heavy atom. The first-order chi connectivity index (χ1) is 10.1. The van der Waals surface area contributed by atoms with Crippen LogP contribution in [0, 0.1) is 0 Å². The SMILES string of the molecule is CCCn1cc(Oc2nc(NCC)nc(N(C)C)n2)cn1. The van der Waals surface area contributed by atoms with E-state index in [1.807, 2.05) is 31.9 Å². The van der Waals surface area contributed by atoms with Gasteiger partial charge in [0.1, 0.15) is 0 Å². The minimum atomic E-state index is 0.251. The van der Waals surface area contributed by atoms with Gasteiger partial charge in [0.15, 0.2) is 5.75 Å². The molecule has 0 aliphatic heterocycles. The van der Waals surface area contributed by atoms with Crippen LogP contribution in [0.2, 0.25) is 0 Å². The van der Waals surface area contributed by atoms with Crippen molar-refractivity contribution in [3.05, 3.63) is 12.4 Å². The first kappa shape index (κ1) is 15.0. The number of rotatable bonds is 7. The summed E-state index contributed by atoms with van der Waals surface area (Å²) in [7, 11) is 3.74. The smallest absolute Gasteiger partial charge is 0.328 e. The molecule has 2 aromatic rings. The fraction of sp³-hybridized carbons (Fsp3) is 0.538. The second-order valence-electron chi connectivity index (χ2n) is 4.71. The van der Waals surface area contributed by atoms with Crippen LogP contribution in [0.4, 0.5) is 11.9 Å². The van der Waals surface area contributed by atoms with Gasteiger partial charge in [-0.3, -0.25) is 4.68 Å². The third kappa shape index (κ3) is 4.04. The monoisotopic (exact) mass is 291 g/mol. The topological polar surface area (TPSA) is 81.0 Å². The minimum absolute atomic E-state index is 0.251. The van der Waals surface area contributed by atoms with Crippen LogP contribution in [0.5, 0.6) is 11.8 Å². The highest BCUT2D eigenvalue weighted by molar-refractivity contribution is 5.37. The number of nitrogens with zero attached hydrogens (tertiary/aromatic N) is 6. The van der Waals surface area contributed by atoms with Gasteiger partial charge in [-0.15, -0.1) is 0 Å². The van der Waals surface area contributed by atoms with Crippen LogP contribution in [0.1, 0.15) is 20.3 Å². The molecule has 2 rings (SSSR count). The highest BCUT2D eigenvalue weighted by Gasteiger charge is 2.10. The van der Waals surface area contributed by atoms with Crippen molar-refractivity contribution in [3.63, 3.8) is 0 Å². The van der Waals surface area contributed by atoms with Gasteiger partial charge in [0, 0.05) is 27.2 Å². The number of anilines is 2. The molecule has 114 valence electrons. The summed E-state index contributed by atoms with van der Waals surface area (Å²) < 4.78 is 7.50. The summed E-state index contributed by atoms with van der Waals surface area (Å²) in [4.78, 5) is 14.6. The number of aryl methyl sites for hydroxylation is 1. The van der Waals surface area contributed by atoms with Gasteiger partial charge < -0.3 is 15.0 Å². The van der Waals surface area contributed by atoms with Crippen molar-refractivity contribution in [2.75, 3.05) is 30.9 Å². The molecule has 0 bridgehead atoms. The van der Waals surface area contributed by atoms with Gasteiger partial charge in [0.2, 0.25) is 11.9 Å². The summed E-state index contributed by atoms with van der Waals surface area (Å²) in [6.45, 7) is 5.66. The zero-order valence-corrected chi connectivity index (χ0v) is 12.9. The quantitative estimate of drug-likeness (QED) is 0.832. The van der Waals surface area contributed by atoms with Gasteiger partial charge in [-0.1, -0.05) is 6.92 Å². The Kier molecular flexibility index (Phi) is 4.91. The van der Waals surface area contributed by atoms with E-state index in [2.05, 4.69) is 32.3 Å². The Hall–Kier alpha value is -2.38. The molecule has 8 nitrogen and oxygen atoms in total. The van der Waals surface area contributed by atoms with Crippen molar-refractivity contribution < 1.29 is 4.74 Å². The van der Waals surface area contributed by atoms with Crippen molar-refractivity contribution >= 4 is 11.9 Å². The molecule has 21 heavy (non-hydrogen) atoms. The van der Waals surface area contributed by atoms with E-state index in [-0.39, 0.29) is 6.01 Å². The molecule has 0 aromatic carbocycles. The Labute approximate surface area is 124 Å². The van der Waals surface area contributed by atoms with Gasteiger partial charge in [0.05, 0.1) is 12.4 Å². The number of aromatic nitrogens is 5. The number of ether oxygens (including phenoxy) is 1. The number of hydrogen-bond donors (Lipinski definition) is 1. The lowest BCUT2D eigenvalue weighted by Crippen LogP contribution is -2.15. The van der Waals surface area contributed by atoms with Gasteiger partial charge in [-0.2, -0.15) is 20.1 Å². The first-order valence-electron chi connectivity index (χ1n) is 7.00. The van der Waals surface area contributed by atoms with Crippen molar-refractivity contribution in [3.8, 4) is 11.8 Å². The molecule has 0 atom stereocenters. The summed E-state index contributed by atoms with van der Waals surface area (Å²) in [5.74, 6) is 1.64. The Morgan fingerprint density at radius 2 is 2.05 bits per heavy atom. The molecule has 0 amide bonds. The first-order valence-corrected chi connectivity index (χ1v) is 7.00. The van der Waals surface area contributed by atoms with Gasteiger partial charge in [-0.05, 0) is 13.3 Å². The zero-order chi connectivity index (χ0) is 15.2. The molecule has 0 radical (unpaired) electrons. The lowest BCUT2D eigenvalue weighted by molar-refractivity contribution is 0.439. The van der Waals surface area contributed by atoms with Crippen molar-refractivity contribution in [2.45, 2.75) is 26.8 Å². The van der Waals surface area contributed by atoms with E-state index in [9.17, 15) is 0 Å². The Balaban J connectivity index is 2.20. The molecule has 0 aliphatic rings. The van der Waals surface area contributed by atoms with Crippen LogP contribution in [0.25, 0.3) is 0 Å². The minimum Gasteiger partial charge on any atom is -0.421 e. The van der Waals surface area contributed by atoms with E-state index >= 15 is 0 Å². The van der Waals surface area contributed by atoms with Crippen molar-refractivity contribution in [1.29, 1.82) is 0 Å². The van der Waals surface area contributed by atoms with E-state index in [0.717, 1.165) is 19.5 Å². The van der Waals surface area contributed by atoms with Gasteiger partial charge >= 0.3 is 6.01 Å². The summed E-state index contributed by atoms with van der Waals surface area (Å²) >= 11 is 0. The normalized spacial score (nSPS) is 10.5. The molecule has 2 heterocycles. The van der Waals surface area contributed by atoms with E-state index in [0.29, 0.717) is 17.6 Å². The number of hydrogen-bond acceptors (Lipinski definition) is 7. The second-order valence-corrected chi connectivity index (χ2v) is 4.71. The molecule has 2 aromatic heterocycles. The van der Waals surface area contributed by atoms with Crippen molar-refractivity contribution in [2.24, 2.45) is 0 Å². The average molecular weight is 291 g/mol. The van der Waals surface area contributed by atoms with E-state index in [1.165, 1.54) is 0 Å². The molecule has 1 N–H and O–H groups in total. The highest BCUT2D eigenvalue weighted by atomic mass is 16.5. The lowest BCUT2D eigenvalue weighted by atomic mass is 10.5. The molecule has 0 fully saturated rings. The summed E-state index contributed by atoms with van der Waals surface area (Å²) in [5.41, 5.74) is 0. The van der Waals surface area contributed by atoms with Crippen LogP contribution >= 0.6 is 0 Å². The van der Waals surface area contributed by atoms with Crippen LogP contribution in [0.15, 0.2) is 12.4 Å². The molecular formula is C13H21N7O. The molecule has 0 saturated heterocycles. The fourth-order valence-corrected chi connectivity index (χ4v) is 1.68. The van der Waals surface area contributed by atoms with Gasteiger partial charge in [-0.25, -0.2) is 0 Å². The summed E-state index contributed by atoms with van der Waals surface area (Å²) in [6.07, 6.45) is 4.50. The maximum atomic E-state index is 5.67. The van der Waals surface area contributed by atoms with E-state index < -0.39 is 0 Å². The third-order valence-electron chi connectivity index (χ3n) is 2.61. The van der Waals surface area contributed by atoms with E-state index in [1.54, 1.807) is 11.1 Å². The van der Waals surface area contributed by atoms with E-state index in [4.69, 9.17) is 4.74 Å². The van der Waals surface area contributed by atoms with Crippen LogP contribution in [-0.2, 0) is 6.54 Å². The molecule has 8 heteroatoms. The lowest BCUT2D eigenvalue weighted by Gasteiger charge is -2.12. The highest BCUT2D eigenvalue weighted by Crippen LogP contribution is 2.20. The molecule has 0 saturated carbocycles. The second kappa shape index (κ2) is 6.87. The number of nitrogens with one attached hydrogen (secondary N) is 1. The standard InChI is InChI=1S/C13H21N7O/c1-5-7-20-9-10(8-15-20)21-13-17-11(14-6-2)16-12(18-13)19(3)4/h8-9H,5-7H2,1-4H3,(H,14,16,17,18). The summed E-state index contributed by atoms with van der Waals surface area (Å²) in [6, 6.07) is 0.251. The molecule has 0 spiro atoms. The van der Waals surface area contributed by atoms with Crippen molar-refractivity contribution in [1.82, 2.24) is 24.7 Å². The third-order valence-corrected chi connectivity index (χ3v) is 2.61. The zero-order valence-electron chi connectivity index (χ0n) is 12.9. The van der Waals surface area contributed by atoms with Crippen LogP contribution in [-0.4, -0.2) is 45.4 Å².